The van der Waals surface area contributed by atoms with Crippen LogP contribution in [-0.2, 0) is 17.6 Å². The molecule has 0 amide bonds. The van der Waals surface area contributed by atoms with Gasteiger partial charge in [-0.15, -0.1) is 0 Å². The number of hydrogen-bond donors (Lipinski definition) is 1. The van der Waals surface area contributed by atoms with E-state index in [2.05, 4.69) is 45.0 Å². The van der Waals surface area contributed by atoms with Crippen molar-refractivity contribution in [2.75, 3.05) is 0 Å². The number of carboxylic acids is 1. The fourth-order valence-electron chi connectivity index (χ4n) is 3.17. The number of hydrogen-bond acceptors (Lipinski definition) is 3. The first-order chi connectivity index (χ1) is 13.5. The van der Waals surface area contributed by atoms with E-state index in [9.17, 15) is 4.79 Å². The summed E-state index contributed by atoms with van der Waals surface area (Å²) in [6.07, 6.45) is 13.0. The van der Waals surface area contributed by atoms with Crippen molar-refractivity contribution >= 4 is 21.9 Å². The Morgan fingerprint density at radius 2 is 1.64 bits per heavy atom. The van der Waals surface area contributed by atoms with E-state index < -0.39 is 10.8 Å². The van der Waals surface area contributed by atoms with Gasteiger partial charge < -0.3 is 5.11 Å². The van der Waals surface area contributed by atoms with E-state index in [0.29, 0.717) is 0 Å². The van der Waals surface area contributed by atoms with Crippen LogP contribution in [0.3, 0.4) is 0 Å². The Bertz CT molecular complexity index is 716. The lowest BCUT2D eigenvalue weighted by Crippen LogP contribution is -2.21. The summed E-state index contributed by atoms with van der Waals surface area (Å²) in [6.45, 7) is 4.19. The van der Waals surface area contributed by atoms with E-state index in [0.717, 1.165) is 30.7 Å². The van der Waals surface area contributed by atoms with Crippen LogP contribution in [0.2, 0.25) is 0 Å². The second kappa shape index (κ2) is 11.9. The van der Waals surface area contributed by atoms with Crippen molar-refractivity contribution in [2.24, 2.45) is 5.92 Å². The fraction of sp³-hybridized carbons (Fsp3) is 0.522. The normalized spacial score (nSPS) is 13.2. The lowest BCUT2D eigenvalue weighted by atomic mass is 9.97. The van der Waals surface area contributed by atoms with Gasteiger partial charge in [0.25, 0.3) is 0 Å². The SMILES string of the molecule is CCCCCCCc1cnc(-c2ccc(CCC(C)C(Br)C(=O)O)cc2)nc1. The number of aliphatic carboxylic acids is 1. The monoisotopic (exact) mass is 446 g/mol. The summed E-state index contributed by atoms with van der Waals surface area (Å²) < 4.78 is 0. The van der Waals surface area contributed by atoms with E-state index in [-0.39, 0.29) is 5.92 Å². The molecule has 0 saturated carbocycles. The average Bonchev–Trinajstić information content (AvgIpc) is 2.72. The number of alkyl halides is 1. The topological polar surface area (TPSA) is 63.1 Å². The van der Waals surface area contributed by atoms with E-state index in [1.54, 1.807) is 0 Å². The molecule has 2 unspecified atom stereocenters. The minimum absolute atomic E-state index is 0.0787. The van der Waals surface area contributed by atoms with Gasteiger partial charge in [-0.2, -0.15) is 0 Å². The zero-order valence-electron chi connectivity index (χ0n) is 16.9. The first-order valence-electron chi connectivity index (χ1n) is 10.3. The van der Waals surface area contributed by atoms with Crippen LogP contribution in [0.4, 0.5) is 0 Å². The quantitative estimate of drug-likeness (QED) is 0.317. The molecule has 28 heavy (non-hydrogen) atoms. The number of halogens is 1. The number of benzene rings is 1. The molecule has 0 saturated heterocycles. The molecule has 2 rings (SSSR count). The molecule has 0 fully saturated rings. The maximum atomic E-state index is 11.0. The number of aryl methyl sites for hydroxylation is 2. The predicted molar refractivity (Wildman–Crippen MR) is 118 cm³/mol. The molecule has 0 aliphatic carbocycles. The van der Waals surface area contributed by atoms with Crippen LogP contribution in [0.1, 0.15) is 63.5 Å². The van der Waals surface area contributed by atoms with Crippen LogP contribution in [0, 0.1) is 5.92 Å². The number of unbranched alkanes of at least 4 members (excludes halogenated alkanes) is 4. The van der Waals surface area contributed by atoms with Gasteiger partial charge in [-0.25, -0.2) is 9.97 Å². The van der Waals surface area contributed by atoms with Crippen molar-refractivity contribution in [3.8, 4) is 11.4 Å². The highest BCUT2D eigenvalue weighted by molar-refractivity contribution is 9.10. The zero-order chi connectivity index (χ0) is 20.4. The van der Waals surface area contributed by atoms with Gasteiger partial charge in [-0.3, -0.25) is 4.79 Å². The lowest BCUT2D eigenvalue weighted by molar-refractivity contribution is -0.137. The molecule has 0 aliphatic heterocycles. The molecule has 152 valence electrons. The average molecular weight is 447 g/mol. The van der Waals surface area contributed by atoms with E-state index in [1.807, 2.05) is 31.5 Å². The van der Waals surface area contributed by atoms with E-state index in [4.69, 9.17) is 5.11 Å². The molecule has 1 heterocycles. The smallest absolute Gasteiger partial charge is 0.317 e. The molecule has 0 spiro atoms. The van der Waals surface area contributed by atoms with Crippen LogP contribution in [0.25, 0.3) is 11.4 Å². The lowest BCUT2D eigenvalue weighted by Gasteiger charge is -2.14. The second-order valence-corrected chi connectivity index (χ2v) is 8.52. The van der Waals surface area contributed by atoms with Crippen molar-refractivity contribution in [2.45, 2.75) is 70.0 Å². The van der Waals surface area contributed by atoms with Gasteiger partial charge >= 0.3 is 5.97 Å². The summed E-state index contributed by atoms with van der Waals surface area (Å²) in [5.41, 5.74) is 3.41. The van der Waals surface area contributed by atoms with Gasteiger partial charge in [0.05, 0.1) is 0 Å². The molecule has 0 bridgehead atoms. The first kappa shape index (κ1) is 22.5. The highest BCUT2D eigenvalue weighted by atomic mass is 79.9. The van der Waals surface area contributed by atoms with Gasteiger partial charge in [-0.05, 0) is 42.7 Å². The van der Waals surface area contributed by atoms with Gasteiger partial charge in [0.1, 0.15) is 4.83 Å². The van der Waals surface area contributed by atoms with Crippen molar-refractivity contribution in [1.29, 1.82) is 0 Å². The van der Waals surface area contributed by atoms with Crippen LogP contribution < -0.4 is 0 Å². The highest BCUT2D eigenvalue weighted by Crippen LogP contribution is 2.21. The second-order valence-electron chi connectivity index (χ2n) is 7.53. The number of carbonyl (C=O) groups is 1. The predicted octanol–water partition coefficient (Wildman–Crippen LogP) is 6.07. The minimum Gasteiger partial charge on any atom is -0.480 e. The molecule has 0 radical (unpaired) electrons. The number of carboxylic acid groups (broad SMARTS) is 1. The third-order valence-corrected chi connectivity index (χ3v) is 6.40. The van der Waals surface area contributed by atoms with Gasteiger partial charge in [0.15, 0.2) is 5.82 Å². The molecular weight excluding hydrogens is 416 g/mol. The van der Waals surface area contributed by atoms with E-state index in [1.165, 1.54) is 43.2 Å². The third-order valence-electron chi connectivity index (χ3n) is 5.11. The summed E-state index contributed by atoms with van der Waals surface area (Å²) in [5, 5.41) is 9.05. The Morgan fingerprint density at radius 3 is 2.25 bits per heavy atom. The summed E-state index contributed by atoms with van der Waals surface area (Å²) in [6, 6.07) is 8.25. The maximum absolute atomic E-state index is 11.0. The van der Waals surface area contributed by atoms with Crippen molar-refractivity contribution in [3.63, 3.8) is 0 Å². The van der Waals surface area contributed by atoms with E-state index >= 15 is 0 Å². The Kier molecular flexibility index (Phi) is 9.62. The summed E-state index contributed by atoms with van der Waals surface area (Å²) in [5.74, 6) is 0.0282. The highest BCUT2D eigenvalue weighted by Gasteiger charge is 2.20. The molecule has 5 heteroatoms. The van der Waals surface area contributed by atoms with Gasteiger partial charge in [0, 0.05) is 18.0 Å². The summed E-state index contributed by atoms with van der Waals surface area (Å²) >= 11 is 3.24. The molecule has 4 nitrogen and oxygen atoms in total. The maximum Gasteiger partial charge on any atom is 0.317 e. The summed E-state index contributed by atoms with van der Waals surface area (Å²) in [4.78, 5) is 19.6. The number of nitrogens with zero attached hydrogens (tertiary/aromatic N) is 2. The van der Waals surface area contributed by atoms with Gasteiger partial charge in [-0.1, -0.05) is 79.7 Å². The Balaban J connectivity index is 1.84. The number of rotatable bonds is 12. The fourth-order valence-corrected chi connectivity index (χ4v) is 3.43. The standard InChI is InChI=1S/C23H31BrN2O2/c1-3-4-5-6-7-8-19-15-25-22(26-16-19)20-13-11-18(12-14-20)10-9-17(2)21(24)23(27)28/h11-17,21H,3-10H2,1-2H3,(H,27,28). The molecule has 0 aliphatic rings. The molecule has 1 aromatic carbocycles. The van der Waals surface area contributed by atoms with Gasteiger partial charge in [0.2, 0.25) is 0 Å². The van der Waals surface area contributed by atoms with Crippen LogP contribution >= 0.6 is 15.9 Å². The molecule has 2 atom stereocenters. The van der Waals surface area contributed by atoms with Crippen molar-refractivity contribution < 1.29 is 9.90 Å². The molecule has 1 N–H and O–H groups in total. The molecule has 1 aromatic heterocycles. The summed E-state index contributed by atoms with van der Waals surface area (Å²) in [7, 11) is 0. The Morgan fingerprint density at radius 1 is 1.00 bits per heavy atom. The molecular formula is C23H31BrN2O2. The largest absolute Gasteiger partial charge is 0.480 e. The van der Waals surface area contributed by atoms with Crippen LogP contribution in [0.15, 0.2) is 36.7 Å². The molecule has 2 aromatic rings. The first-order valence-corrected chi connectivity index (χ1v) is 11.2. The Labute approximate surface area is 176 Å². The van der Waals surface area contributed by atoms with Crippen molar-refractivity contribution in [1.82, 2.24) is 9.97 Å². The Hall–Kier alpha value is -1.75. The minimum atomic E-state index is -0.801. The van der Waals surface area contributed by atoms with Crippen molar-refractivity contribution in [3.05, 3.63) is 47.8 Å². The third kappa shape index (κ3) is 7.34. The van der Waals surface area contributed by atoms with Crippen LogP contribution in [0.5, 0.6) is 0 Å². The number of aromatic nitrogens is 2. The van der Waals surface area contributed by atoms with Crippen LogP contribution in [-0.4, -0.2) is 25.9 Å². The zero-order valence-corrected chi connectivity index (χ0v) is 18.5.